The number of halogens is 2. The summed E-state index contributed by atoms with van der Waals surface area (Å²) in [6, 6.07) is 16.6. The Labute approximate surface area is 180 Å². The molecule has 0 bridgehead atoms. The topological polar surface area (TPSA) is 55.1 Å². The molecule has 0 aliphatic rings. The van der Waals surface area contributed by atoms with Gasteiger partial charge in [-0.1, -0.05) is 35.3 Å². The highest BCUT2D eigenvalue weighted by Gasteiger charge is 2.16. The van der Waals surface area contributed by atoms with E-state index in [2.05, 4.69) is 4.90 Å². The molecule has 1 unspecified atom stereocenters. The van der Waals surface area contributed by atoms with Crippen molar-refractivity contribution in [3.63, 3.8) is 0 Å². The normalized spacial score (nSPS) is 12.2. The number of rotatable bonds is 10. The maximum atomic E-state index is 10.5. The highest BCUT2D eigenvalue weighted by Crippen LogP contribution is 2.27. The zero-order valence-corrected chi connectivity index (χ0v) is 17.6. The Kier molecular flexibility index (Phi) is 7.83. The quantitative estimate of drug-likeness (QED) is 0.483. The van der Waals surface area contributed by atoms with Gasteiger partial charge in [0.2, 0.25) is 0 Å². The number of furan rings is 1. The smallest absolute Gasteiger partial charge is 0.138 e. The number of benzene rings is 2. The highest BCUT2D eigenvalue weighted by atomic mass is 35.5. The first kappa shape index (κ1) is 21.5. The largest absolute Gasteiger partial charge is 0.497 e. The first-order valence-corrected chi connectivity index (χ1v) is 9.92. The minimum atomic E-state index is -0.713. The molecule has 1 N–H and O–H groups in total. The van der Waals surface area contributed by atoms with Crippen molar-refractivity contribution in [2.24, 2.45) is 0 Å². The number of aliphatic hydroxyl groups is 1. The van der Waals surface area contributed by atoms with E-state index >= 15 is 0 Å². The van der Waals surface area contributed by atoms with Crippen LogP contribution in [-0.4, -0.2) is 36.4 Å². The predicted octanol–water partition coefficient (Wildman–Crippen LogP) is 5.04. The average molecular weight is 436 g/mol. The number of methoxy groups -OCH3 is 1. The van der Waals surface area contributed by atoms with Crippen molar-refractivity contribution >= 4 is 23.2 Å². The van der Waals surface area contributed by atoms with Crippen molar-refractivity contribution in [1.82, 2.24) is 4.90 Å². The van der Waals surface area contributed by atoms with Crippen LogP contribution in [0.3, 0.4) is 0 Å². The zero-order chi connectivity index (χ0) is 20.6. The van der Waals surface area contributed by atoms with Gasteiger partial charge >= 0.3 is 0 Å². The van der Waals surface area contributed by atoms with Gasteiger partial charge in [0.25, 0.3) is 0 Å². The van der Waals surface area contributed by atoms with Crippen LogP contribution in [0, 0.1) is 0 Å². The lowest BCUT2D eigenvalue weighted by Gasteiger charge is -2.24. The second-order valence-corrected chi connectivity index (χ2v) is 7.48. The number of ether oxygens (including phenoxy) is 2. The van der Waals surface area contributed by atoms with Crippen LogP contribution in [0.4, 0.5) is 0 Å². The third kappa shape index (κ3) is 6.68. The molecule has 0 fully saturated rings. The summed E-state index contributed by atoms with van der Waals surface area (Å²) in [6.07, 6.45) is 0.929. The number of nitrogens with zero attached hydrogens (tertiary/aromatic N) is 1. The monoisotopic (exact) mass is 435 g/mol. The molecule has 154 valence electrons. The van der Waals surface area contributed by atoms with Gasteiger partial charge in [-0.05, 0) is 48.0 Å². The van der Waals surface area contributed by atoms with Gasteiger partial charge in [-0.25, -0.2) is 0 Å². The fraction of sp³-hybridized carbons (Fsp3) is 0.273. The van der Waals surface area contributed by atoms with Crippen molar-refractivity contribution in [2.75, 3.05) is 20.3 Å². The SMILES string of the molecule is COc1ccc(CN(Cc2ccco2)CC(O)COc2ccc(Cl)cc2Cl)cc1. The summed E-state index contributed by atoms with van der Waals surface area (Å²) < 4.78 is 16.3. The van der Waals surface area contributed by atoms with Crippen molar-refractivity contribution in [3.05, 3.63) is 82.2 Å². The van der Waals surface area contributed by atoms with Crippen LogP contribution < -0.4 is 9.47 Å². The second-order valence-electron chi connectivity index (χ2n) is 6.64. The lowest BCUT2D eigenvalue weighted by atomic mass is 10.2. The lowest BCUT2D eigenvalue weighted by Crippen LogP contribution is -2.35. The van der Waals surface area contributed by atoms with Crippen molar-refractivity contribution < 1.29 is 19.0 Å². The molecule has 1 aromatic heterocycles. The number of hydrogen-bond donors (Lipinski definition) is 1. The maximum absolute atomic E-state index is 10.5. The summed E-state index contributed by atoms with van der Waals surface area (Å²) in [5.41, 5.74) is 1.10. The Hall–Kier alpha value is -2.18. The molecule has 0 saturated heterocycles. The second kappa shape index (κ2) is 10.6. The lowest BCUT2D eigenvalue weighted by molar-refractivity contribution is 0.0605. The van der Waals surface area contributed by atoms with E-state index in [1.54, 1.807) is 31.6 Å². The summed E-state index contributed by atoms with van der Waals surface area (Å²) >= 11 is 12.0. The number of hydrogen-bond acceptors (Lipinski definition) is 5. The van der Waals surface area contributed by atoms with Crippen molar-refractivity contribution in [3.8, 4) is 11.5 Å². The predicted molar refractivity (Wildman–Crippen MR) is 114 cm³/mol. The summed E-state index contributed by atoms with van der Waals surface area (Å²) in [5, 5.41) is 11.5. The number of aliphatic hydroxyl groups excluding tert-OH is 1. The molecule has 0 amide bonds. The molecule has 0 aliphatic carbocycles. The molecule has 29 heavy (non-hydrogen) atoms. The van der Waals surface area contributed by atoms with E-state index in [-0.39, 0.29) is 6.61 Å². The Morgan fingerprint density at radius 3 is 2.52 bits per heavy atom. The minimum Gasteiger partial charge on any atom is -0.497 e. The van der Waals surface area contributed by atoms with Crippen LogP contribution >= 0.6 is 23.2 Å². The van der Waals surface area contributed by atoms with E-state index in [1.807, 2.05) is 36.4 Å². The fourth-order valence-corrected chi connectivity index (χ4v) is 3.39. The van der Waals surface area contributed by atoms with Gasteiger partial charge in [0, 0.05) is 18.1 Å². The van der Waals surface area contributed by atoms with Gasteiger partial charge in [0.05, 0.1) is 24.9 Å². The Bertz CT molecular complexity index is 884. The van der Waals surface area contributed by atoms with E-state index in [1.165, 1.54) is 0 Å². The van der Waals surface area contributed by atoms with Crippen LogP contribution in [0.5, 0.6) is 11.5 Å². The molecule has 3 aromatic rings. The maximum Gasteiger partial charge on any atom is 0.138 e. The summed E-state index contributed by atoms with van der Waals surface area (Å²) in [5.74, 6) is 2.12. The summed E-state index contributed by atoms with van der Waals surface area (Å²) in [6.45, 7) is 1.72. The Balaban J connectivity index is 1.61. The van der Waals surface area contributed by atoms with Gasteiger partial charge in [-0.2, -0.15) is 0 Å². The van der Waals surface area contributed by atoms with E-state index in [0.29, 0.717) is 35.4 Å². The van der Waals surface area contributed by atoms with E-state index in [4.69, 9.17) is 37.1 Å². The fourth-order valence-electron chi connectivity index (χ4n) is 2.93. The van der Waals surface area contributed by atoms with E-state index in [9.17, 15) is 5.11 Å². The molecule has 1 heterocycles. The molecule has 0 aliphatic heterocycles. The standard InChI is InChI=1S/C22H23Cl2NO4/c1-27-19-7-4-16(5-8-19)12-25(14-20-3-2-10-28-20)13-18(26)15-29-22-9-6-17(23)11-21(22)24/h2-11,18,26H,12-15H2,1H3. The van der Waals surface area contributed by atoms with Gasteiger partial charge in [-0.15, -0.1) is 0 Å². The van der Waals surface area contributed by atoms with E-state index in [0.717, 1.165) is 17.1 Å². The highest BCUT2D eigenvalue weighted by molar-refractivity contribution is 6.35. The molecule has 0 saturated carbocycles. The van der Waals surface area contributed by atoms with Gasteiger partial charge in [-0.3, -0.25) is 4.90 Å². The minimum absolute atomic E-state index is 0.110. The van der Waals surface area contributed by atoms with Crippen LogP contribution in [0.25, 0.3) is 0 Å². The molecule has 5 nitrogen and oxygen atoms in total. The molecular formula is C22H23Cl2NO4. The van der Waals surface area contributed by atoms with Crippen LogP contribution in [0.2, 0.25) is 10.0 Å². The Morgan fingerprint density at radius 2 is 1.86 bits per heavy atom. The summed E-state index contributed by atoms with van der Waals surface area (Å²) in [4.78, 5) is 2.10. The Morgan fingerprint density at radius 1 is 1.07 bits per heavy atom. The molecule has 1 atom stereocenters. The van der Waals surface area contributed by atoms with Gasteiger partial charge < -0.3 is 19.0 Å². The molecule has 0 radical (unpaired) electrons. The van der Waals surface area contributed by atoms with Crippen LogP contribution in [0.1, 0.15) is 11.3 Å². The van der Waals surface area contributed by atoms with E-state index < -0.39 is 6.10 Å². The third-order valence-electron chi connectivity index (χ3n) is 4.32. The van der Waals surface area contributed by atoms with Crippen LogP contribution in [0.15, 0.2) is 65.3 Å². The van der Waals surface area contributed by atoms with Crippen molar-refractivity contribution in [1.29, 1.82) is 0 Å². The first-order chi connectivity index (χ1) is 14.0. The van der Waals surface area contributed by atoms with Gasteiger partial charge in [0.1, 0.15) is 30.0 Å². The summed E-state index contributed by atoms with van der Waals surface area (Å²) in [7, 11) is 1.64. The third-order valence-corrected chi connectivity index (χ3v) is 4.85. The van der Waals surface area contributed by atoms with Crippen molar-refractivity contribution in [2.45, 2.75) is 19.2 Å². The van der Waals surface area contributed by atoms with Gasteiger partial charge in [0.15, 0.2) is 0 Å². The molecular weight excluding hydrogens is 413 g/mol. The average Bonchev–Trinajstić information content (AvgIpc) is 3.21. The first-order valence-electron chi connectivity index (χ1n) is 9.17. The molecule has 7 heteroatoms. The zero-order valence-electron chi connectivity index (χ0n) is 16.1. The molecule has 0 spiro atoms. The molecule has 3 rings (SSSR count). The van der Waals surface area contributed by atoms with Crippen LogP contribution in [-0.2, 0) is 13.1 Å². The molecule has 2 aromatic carbocycles.